The first-order chi connectivity index (χ1) is 16.0. The number of anilines is 2. The van der Waals surface area contributed by atoms with Crippen molar-refractivity contribution in [2.45, 2.75) is 46.8 Å². The number of benzene rings is 2. The van der Waals surface area contributed by atoms with E-state index in [1.165, 1.54) is 19.1 Å². The summed E-state index contributed by atoms with van der Waals surface area (Å²) in [4.78, 5) is 52.6. The zero-order valence-electron chi connectivity index (χ0n) is 19.7. The van der Waals surface area contributed by atoms with Crippen LogP contribution in [0, 0.1) is 0 Å². The van der Waals surface area contributed by atoms with Crippen LogP contribution in [-0.4, -0.2) is 42.0 Å². The van der Waals surface area contributed by atoms with Crippen LogP contribution in [0.15, 0.2) is 53.5 Å². The van der Waals surface area contributed by atoms with Crippen molar-refractivity contribution in [3.8, 4) is 0 Å². The van der Waals surface area contributed by atoms with E-state index >= 15 is 0 Å². The highest BCUT2D eigenvalue weighted by atomic mass is 16.6. The van der Waals surface area contributed by atoms with Crippen molar-refractivity contribution in [2.24, 2.45) is 4.99 Å². The molecule has 0 aliphatic carbocycles. The monoisotopic (exact) mass is 468 g/mol. The predicted molar refractivity (Wildman–Crippen MR) is 128 cm³/mol. The molecular formula is C24H28N4O6. The van der Waals surface area contributed by atoms with Crippen molar-refractivity contribution in [3.63, 3.8) is 0 Å². The lowest BCUT2D eigenvalue weighted by atomic mass is 10.0. The Bertz CT molecular complexity index is 1080. The van der Waals surface area contributed by atoms with Gasteiger partial charge >= 0.3 is 12.2 Å². The van der Waals surface area contributed by atoms with Gasteiger partial charge in [0, 0.05) is 18.1 Å². The first kappa shape index (κ1) is 26.0. The fraction of sp³-hybridized carbons (Fsp3) is 0.292. The lowest BCUT2D eigenvalue weighted by Gasteiger charge is -2.17. The summed E-state index contributed by atoms with van der Waals surface area (Å²) in [5.41, 5.74) is 1.27. The zero-order valence-corrected chi connectivity index (χ0v) is 19.7. The average Bonchev–Trinajstić information content (AvgIpc) is 2.73. The molecule has 0 atom stereocenters. The quantitative estimate of drug-likeness (QED) is 0.326. The van der Waals surface area contributed by atoms with E-state index in [-0.39, 0.29) is 23.3 Å². The summed E-state index contributed by atoms with van der Waals surface area (Å²) >= 11 is 0. The molecule has 0 unspecified atom stereocenters. The number of nitrogens with zero attached hydrogens (tertiary/aromatic N) is 1. The molecule has 0 saturated heterocycles. The van der Waals surface area contributed by atoms with Crippen LogP contribution in [0.1, 0.15) is 50.5 Å². The van der Waals surface area contributed by atoms with E-state index in [9.17, 15) is 19.2 Å². The molecule has 2 aromatic rings. The number of aliphatic imine (C=N–C) groups is 1. The van der Waals surface area contributed by atoms with Crippen LogP contribution >= 0.6 is 0 Å². The number of guanidine groups is 1. The number of rotatable bonds is 6. The van der Waals surface area contributed by atoms with Crippen LogP contribution in [0.3, 0.4) is 0 Å². The lowest BCUT2D eigenvalue weighted by Crippen LogP contribution is -2.38. The number of carbonyl (C=O) groups is 4. The van der Waals surface area contributed by atoms with Crippen LogP contribution in [0.5, 0.6) is 0 Å². The van der Waals surface area contributed by atoms with Crippen molar-refractivity contribution in [2.75, 3.05) is 10.6 Å². The minimum absolute atomic E-state index is 0.206. The standard InChI is InChI=1S/C24H28N4O6/c1-14(2)33-23(31)27-22(28-24(32)34-15(3)4)26-20-13-18(11-12-19(20)25-16(5)29)21(30)17-9-7-6-8-10-17/h6-15H,1-5H3,(H,25,29)(H2,26,27,28,31,32). The maximum Gasteiger partial charge on any atom is 0.437 e. The summed E-state index contributed by atoms with van der Waals surface area (Å²) < 4.78 is 10.1. The van der Waals surface area contributed by atoms with Gasteiger partial charge in [-0.15, -0.1) is 4.99 Å². The molecule has 0 aliphatic rings. The van der Waals surface area contributed by atoms with Gasteiger partial charge in [-0.2, -0.15) is 0 Å². The normalized spacial score (nSPS) is 11.1. The van der Waals surface area contributed by atoms with Gasteiger partial charge in [-0.05, 0) is 45.9 Å². The van der Waals surface area contributed by atoms with E-state index in [1.54, 1.807) is 64.1 Å². The molecule has 10 nitrogen and oxygen atoms in total. The molecule has 0 bridgehead atoms. The number of hydrogen-bond acceptors (Lipinski definition) is 6. The Morgan fingerprint density at radius 1 is 0.794 bits per heavy atom. The minimum atomic E-state index is -0.958. The van der Waals surface area contributed by atoms with E-state index in [0.717, 1.165) is 0 Å². The summed E-state index contributed by atoms with van der Waals surface area (Å²) in [6.07, 6.45) is -2.69. The molecule has 34 heavy (non-hydrogen) atoms. The molecule has 0 aliphatic heterocycles. The van der Waals surface area contributed by atoms with Crippen molar-refractivity contribution in [3.05, 3.63) is 59.7 Å². The molecular weight excluding hydrogens is 440 g/mol. The molecule has 0 heterocycles. The number of ketones is 1. The van der Waals surface area contributed by atoms with Gasteiger partial charge in [-0.25, -0.2) is 9.59 Å². The summed E-state index contributed by atoms with van der Waals surface area (Å²) in [6.45, 7) is 7.93. The molecule has 180 valence electrons. The van der Waals surface area contributed by atoms with Crippen LogP contribution in [0.4, 0.5) is 21.0 Å². The van der Waals surface area contributed by atoms with Gasteiger partial charge in [-0.3, -0.25) is 14.9 Å². The Labute approximate surface area is 197 Å². The average molecular weight is 469 g/mol. The van der Waals surface area contributed by atoms with Crippen LogP contribution in [0.2, 0.25) is 0 Å². The number of carbonyl (C=O) groups excluding carboxylic acids is 4. The Kier molecular flexibility index (Phi) is 9.30. The third-order valence-electron chi connectivity index (χ3n) is 3.98. The van der Waals surface area contributed by atoms with Gasteiger partial charge in [-0.1, -0.05) is 30.3 Å². The second-order valence-electron chi connectivity index (χ2n) is 7.73. The van der Waals surface area contributed by atoms with E-state index in [2.05, 4.69) is 20.9 Å². The minimum Gasteiger partial charge on any atom is -0.447 e. The first-order valence-corrected chi connectivity index (χ1v) is 10.6. The van der Waals surface area contributed by atoms with Crippen molar-refractivity contribution in [1.82, 2.24) is 5.32 Å². The summed E-state index contributed by atoms with van der Waals surface area (Å²) in [7, 11) is 0. The van der Waals surface area contributed by atoms with E-state index in [0.29, 0.717) is 16.8 Å². The Morgan fingerprint density at radius 3 is 2.03 bits per heavy atom. The fourth-order valence-corrected chi connectivity index (χ4v) is 2.72. The van der Waals surface area contributed by atoms with Crippen LogP contribution < -0.4 is 16.0 Å². The van der Waals surface area contributed by atoms with Gasteiger partial charge in [0.15, 0.2) is 5.78 Å². The second kappa shape index (κ2) is 12.1. The van der Waals surface area contributed by atoms with Gasteiger partial charge in [0.2, 0.25) is 11.9 Å². The van der Waals surface area contributed by atoms with E-state index in [4.69, 9.17) is 9.47 Å². The number of nitrogens with one attached hydrogen (secondary N) is 3. The lowest BCUT2D eigenvalue weighted by molar-refractivity contribution is -0.114. The van der Waals surface area contributed by atoms with E-state index < -0.39 is 24.4 Å². The maximum atomic E-state index is 12.9. The highest BCUT2D eigenvalue weighted by molar-refractivity contribution is 6.12. The molecule has 2 rings (SSSR count). The number of alkyl carbamates (subject to hydrolysis) is 1. The summed E-state index contributed by atoms with van der Waals surface area (Å²) in [5.74, 6) is -0.940. The topological polar surface area (TPSA) is 135 Å². The van der Waals surface area contributed by atoms with Crippen molar-refractivity contribution >= 4 is 41.2 Å². The molecule has 0 aromatic heterocycles. The molecule has 10 heteroatoms. The smallest absolute Gasteiger partial charge is 0.437 e. The van der Waals surface area contributed by atoms with Crippen LogP contribution in [0.25, 0.3) is 0 Å². The molecule has 0 spiro atoms. The van der Waals surface area contributed by atoms with E-state index in [1.807, 2.05) is 0 Å². The van der Waals surface area contributed by atoms with Crippen molar-refractivity contribution < 1.29 is 28.7 Å². The number of ether oxygens (including phenoxy) is 2. The molecule has 0 saturated carbocycles. The third-order valence-corrected chi connectivity index (χ3v) is 3.98. The van der Waals surface area contributed by atoms with Gasteiger partial charge < -0.3 is 20.1 Å². The molecule has 0 radical (unpaired) electrons. The highest BCUT2D eigenvalue weighted by Crippen LogP contribution is 2.25. The van der Waals surface area contributed by atoms with Gasteiger partial charge in [0.05, 0.1) is 23.6 Å². The molecule has 3 N–H and O–H groups in total. The summed E-state index contributed by atoms with van der Waals surface area (Å²) in [6, 6.07) is 13.2. The summed E-state index contributed by atoms with van der Waals surface area (Å²) in [5, 5.41) is 7.75. The molecule has 3 amide bonds. The fourth-order valence-electron chi connectivity index (χ4n) is 2.72. The second-order valence-corrected chi connectivity index (χ2v) is 7.73. The Hall–Kier alpha value is -4.21. The van der Waals surface area contributed by atoms with Crippen LogP contribution in [-0.2, 0) is 14.3 Å². The largest absolute Gasteiger partial charge is 0.447 e. The third kappa shape index (κ3) is 8.38. The number of hydrogen-bond donors (Lipinski definition) is 3. The van der Waals surface area contributed by atoms with Gasteiger partial charge in [0.1, 0.15) is 0 Å². The number of amides is 3. The SMILES string of the molecule is CC(=O)Nc1ccc(C(=O)c2ccccc2)cc1NC(=NC(=O)OC(C)C)NC(=O)OC(C)C. The Balaban J connectivity index is 2.45. The van der Waals surface area contributed by atoms with Gasteiger partial charge in [0.25, 0.3) is 0 Å². The highest BCUT2D eigenvalue weighted by Gasteiger charge is 2.17. The van der Waals surface area contributed by atoms with Crippen molar-refractivity contribution in [1.29, 1.82) is 0 Å². The molecule has 2 aromatic carbocycles. The predicted octanol–water partition coefficient (Wildman–Crippen LogP) is 4.32. The zero-order chi connectivity index (χ0) is 25.3. The first-order valence-electron chi connectivity index (χ1n) is 10.6. The Morgan fingerprint density at radius 2 is 1.44 bits per heavy atom. The maximum absolute atomic E-state index is 12.9. The molecule has 0 fully saturated rings.